The van der Waals surface area contributed by atoms with Crippen molar-refractivity contribution in [3.63, 3.8) is 0 Å². The molecule has 2 rings (SSSR count). The van der Waals surface area contributed by atoms with Crippen LogP contribution in [-0.2, 0) is 6.54 Å². The number of hydrogen-bond donors (Lipinski definition) is 1. The monoisotopic (exact) mass is 251 g/mol. The molecule has 0 spiro atoms. The predicted octanol–water partition coefficient (Wildman–Crippen LogP) is 3.63. The molecule has 0 aromatic heterocycles. The topological polar surface area (TPSA) is 35.2 Å². The highest BCUT2D eigenvalue weighted by Crippen LogP contribution is 2.31. The van der Waals surface area contributed by atoms with Crippen molar-refractivity contribution in [1.82, 2.24) is 0 Å². The molecule has 2 N–H and O–H groups in total. The number of benzene rings is 1. The lowest BCUT2D eigenvalue weighted by Gasteiger charge is -2.31. The smallest absolute Gasteiger partial charge is 0.165 e. The molecule has 100 valence electrons. The van der Waals surface area contributed by atoms with Crippen LogP contribution < -0.4 is 10.5 Å². The lowest BCUT2D eigenvalue weighted by molar-refractivity contribution is 0.0863. The van der Waals surface area contributed by atoms with Gasteiger partial charge in [-0.2, -0.15) is 0 Å². The summed E-state index contributed by atoms with van der Waals surface area (Å²) in [6.07, 6.45) is 5.96. The van der Waals surface area contributed by atoms with Gasteiger partial charge in [-0.05, 0) is 49.3 Å². The second-order valence-corrected chi connectivity index (χ2v) is 5.08. The van der Waals surface area contributed by atoms with Crippen molar-refractivity contribution in [1.29, 1.82) is 0 Å². The van der Waals surface area contributed by atoms with Crippen molar-refractivity contribution >= 4 is 0 Å². The zero-order chi connectivity index (χ0) is 13.0. The van der Waals surface area contributed by atoms with Crippen LogP contribution in [0.1, 0.15) is 44.6 Å². The number of hydrogen-bond acceptors (Lipinski definition) is 2. The Balaban J connectivity index is 2.07. The van der Waals surface area contributed by atoms with E-state index >= 15 is 0 Å². The lowest BCUT2D eigenvalue weighted by atomic mass is 9.85. The molecule has 18 heavy (non-hydrogen) atoms. The summed E-state index contributed by atoms with van der Waals surface area (Å²) in [6.45, 7) is 2.54. The summed E-state index contributed by atoms with van der Waals surface area (Å²) in [4.78, 5) is 0. The van der Waals surface area contributed by atoms with Gasteiger partial charge in [0.15, 0.2) is 11.6 Å². The Morgan fingerprint density at radius 1 is 1.33 bits per heavy atom. The van der Waals surface area contributed by atoms with Crippen molar-refractivity contribution in [2.45, 2.75) is 51.7 Å². The molecule has 1 saturated carbocycles. The first-order valence-corrected chi connectivity index (χ1v) is 6.89. The van der Waals surface area contributed by atoms with E-state index in [0.29, 0.717) is 18.2 Å². The van der Waals surface area contributed by atoms with Crippen molar-refractivity contribution in [3.05, 3.63) is 29.6 Å². The summed E-state index contributed by atoms with van der Waals surface area (Å²) >= 11 is 0. The van der Waals surface area contributed by atoms with Crippen LogP contribution in [0.3, 0.4) is 0 Å². The van der Waals surface area contributed by atoms with Gasteiger partial charge < -0.3 is 10.5 Å². The molecule has 0 heterocycles. The molecule has 1 aliphatic carbocycles. The minimum absolute atomic E-state index is 0.168. The summed E-state index contributed by atoms with van der Waals surface area (Å²) in [5.74, 6) is 0.642. The Bertz CT molecular complexity index is 394. The van der Waals surface area contributed by atoms with Crippen molar-refractivity contribution in [2.24, 2.45) is 11.7 Å². The van der Waals surface area contributed by atoms with E-state index in [1.807, 2.05) is 6.07 Å². The number of nitrogens with two attached hydrogens (primary N) is 1. The third-order valence-electron chi connectivity index (χ3n) is 3.87. The largest absolute Gasteiger partial charge is 0.487 e. The zero-order valence-electron chi connectivity index (χ0n) is 11.0. The van der Waals surface area contributed by atoms with Gasteiger partial charge in [-0.25, -0.2) is 4.39 Å². The molecular formula is C15H22FNO. The zero-order valence-corrected chi connectivity index (χ0v) is 11.0. The van der Waals surface area contributed by atoms with Gasteiger partial charge in [0.25, 0.3) is 0 Å². The Morgan fingerprint density at radius 3 is 2.78 bits per heavy atom. The van der Waals surface area contributed by atoms with Crippen LogP contribution >= 0.6 is 0 Å². The van der Waals surface area contributed by atoms with Gasteiger partial charge in [-0.1, -0.05) is 19.4 Å². The van der Waals surface area contributed by atoms with E-state index in [9.17, 15) is 4.39 Å². The van der Waals surface area contributed by atoms with E-state index < -0.39 is 0 Å². The molecule has 0 aliphatic heterocycles. The molecule has 2 nitrogen and oxygen atoms in total. The number of rotatable bonds is 4. The molecule has 1 fully saturated rings. The van der Waals surface area contributed by atoms with Crippen LogP contribution in [0.5, 0.6) is 5.75 Å². The van der Waals surface area contributed by atoms with Crippen LogP contribution in [0.4, 0.5) is 4.39 Å². The summed E-state index contributed by atoms with van der Waals surface area (Å²) in [6, 6.07) is 5.01. The molecule has 0 saturated heterocycles. The fourth-order valence-corrected chi connectivity index (χ4v) is 2.73. The quantitative estimate of drug-likeness (QED) is 0.886. The average Bonchev–Trinajstić information content (AvgIpc) is 2.41. The molecule has 3 heteroatoms. The second kappa shape index (κ2) is 6.19. The van der Waals surface area contributed by atoms with E-state index in [4.69, 9.17) is 10.5 Å². The van der Waals surface area contributed by atoms with Crippen molar-refractivity contribution in [2.75, 3.05) is 0 Å². The van der Waals surface area contributed by atoms with E-state index in [2.05, 4.69) is 6.92 Å². The van der Waals surface area contributed by atoms with Gasteiger partial charge in [0.1, 0.15) is 6.10 Å². The highest BCUT2D eigenvalue weighted by atomic mass is 19.1. The number of ether oxygens (including phenoxy) is 1. The SMILES string of the molecule is CCC1CCCCC1Oc1ccc(CN)cc1F. The van der Waals surface area contributed by atoms with Crippen LogP contribution in [0.2, 0.25) is 0 Å². The fourth-order valence-electron chi connectivity index (χ4n) is 2.73. The molecule has 2 unspecified atom stereocenters. The molecular weight excluding hydrogens is 229 g/mol. The molecule has 0 bridgehead atoms. The fraction of sp³-hybridized carbons (Fsp3) is 0.600. The van der Waals surface area contributed by atoms with Gasteiger partial charge in [-0.15, -0.1) is 0 Å². The highest BCUT2D eigenvalue weighted by Gasteiger charge is 2.25. The normalized spacial score (nSPS) is 23.9. The first-order chi connectivity index (χ1) is 8.74. The maximum atomic E-state index is 13.8. The van der Waals surface area contributed by atoms with Crippen molar-refractivity contribution < 1.29 is 9.13 Å². The third-order valence-corrected chi connectivity index (χ3v) is 3.87. The van der Waals surface area contributed by atoms with Crippen LogP contribution in [-0.4, -0.2) is 6.10 Å². The maximum Gasteiger partial charge on any atom is 0.165 e. The van der Waals surface area contributed by atoms with Crippen molar-refractivity contribution in [3.8, 4) is 5.75 Å². The van der Waals surface area contributed by atoms with Gasteiger partial charge in [0.2, 0.25) is 0 Å². The van der Waals surface area contributed by atoms with Crippen LogP contribution in [0.15, 0.2) is 18.2 Å². The van der Waals surface area contributed by atoms with Crippen LogP contribution in [0, 0.1) is 11.7 Å². The number of halogens is 1. The molecule has 0 radical (unpaired) electrons. The molecule has 1 aromatic rings. The first kappa shape index (κ1) is 13.3. The molecule has 0 amide bonds. The average molecular weight is 251 g/mol. The first-order valence-electron chi connectivity index (χ1n) is 6.89. The van der Waals surface area contributed by atoms with E-state index in [-0.39, 0.29) is 11.9 Å². The van der Waals surface area contributed by atoms with Crippen LogP contribution in [0.25, 0.3) is 0 Å². The van der Waals surface area contributed by atoms with E-state index in [0.717, 1.165) is 18.4 Å². The second-order valence-electron chi connectivity index (χ2n) is 5.08. The van der Waals surface area contributed by atoms with Gasteiger partial charge >= 0.3 is 0 Å². The third kappa shape index (κ3) is 3.02. The minimum atomic E-state index is -0.293. The summed E-state index contributed by atoms with van der Waals surface area (Å²) in [7, 11) is 0. The van der Waals surface area contributed by atoms with E-state index in [1.54, 1.807) is 6.07 Å². The molecule has 2 atom stereocenters. The lowest BCUT2D eigenvalue weighted by Crippen LogP contribution is -2.30. The summed E-state index contributed by atoms with van der Waals surface area (Å²) < 4.78 is 19.7. The van der Waals surface area contributed by atoms with Gasteiger partial charge in [0.05, 0.1) is 0 Å². The Morgan fingerprint density at radius 2 is 2.11 bits per heavy atom. The Kier molecular flexibility index (Phi) is 4.59. The minimum Gasteiger partial charge on any atom is -0.487 e. The standard InChI is InChI=1S/C15H22FNO/c1-2-12-5-3-4-6-14(12)18-15-8-7-11(10-17)9-13(15)16/h7-9,12,14H,2-6,10,17H2,1H3. The Labute approximate surface area is 108 Å². The van der Waals surface area contributed by atoms with E-state index in [1.165, 1.54) is 25.3 Å². The molecule has 1 aliphatic rings. The highest BCUT2D eigenvalue weighted by molar-refractivity contribution is 5.29. The predicted molar refractivity (Wildman–Crippen MR) is 71.0 cm³/mol. The maximum absolute atomic E-state index is 13.8. The summed E-state index contributed by atoms with van der Waals surface area (Å²) in [5, 5.41) is 0. The molecule has 1 aromatic carbocycles. The summed E-state index contributed by atoms with van der Waals surface area (Å²) in [5.41, 5.74) is 6.29. The van der Waals surface area contributed by atoms with Gasteiger partial charge in [-0.3, -0.25) is 0 Å². The van der Waals surface area contributed by atoms with Gasteiger partial charge in [0, 0.05) is 6.54 Å². The Hall–Kier alpha value is -1.09.